The third kappa shape index (κ3) is 2.11. The second kappa shape index (κ2) is 4.95. The molecule has 0 radical (unpaired) electrons. The number of rotatable bonds is 4. The van der Waals surface area contributed by atoms with Gasteiger partial charge < -0.3 is 5.11 Å². The summed E-state index contributed by atoms with van der Waals surface area (Å²) in [6.07, 6.45) is 3.42. The molecule has 0 aromatic carbocycles. The van der Waals surface area contributed by atoms with Crippen LogP contribution in [0.25, 0.3) is 0 Å². The molecule has 0 spiro atoms. The number of aliphatic hydroxyl groups excluding tert-OH is 1. The minimum atomic E-state index is -0.742. The van der Waals surface area contributed by atoms with Crippen LogP contribution >= 0.6 is 22.9 Å². The largest absolute Gasteiger partial charge is 0.381 e. The number of halogens is 1. The molecule has 4 nitrogen and oxygen atoms in total. The van der Waals surface area contributed by atoms with Crippen LogP contribution in [0.15, 0.2) is 17.9 Å². The minimum Gasteiger partial charge on any atom is -0.381 e. The molecule has 0 saturated carbocycles. The normalized spacial score (nSPS) is 12.9. The average molecular weight is 258 g/mol. The van der Waals surface area contributed by atoms with E-state index in [0.717, 1.165) is 17.8 Å². The number of hydrogen-bond acceptors (Lipinski definition) is 4. The molecule has 2 aromatic rings. The van der Waals surface area contributed by atoms with E-state index < -0.39 is 6.10 Å². The standard InChI is InChI=1S/C10H12ClN3OS/c1-2-3-14-9(7(11)4-13-14)10(15)8-5-12-6-16-8/h4-6,10,15H,2-3H2,1H3. The lowest BCUT2D eigenvalue weighted by Gasteiger charge is -2.11. The molecule has 86 valence electrons. The number of hydrogen-bond donors (Lipinski definition) is 1. The summed E-state index contributed by atoms with van der Waals surface area (Å²) in [6, 6.07) is 0. The van der Waals surface area contributed by atoms with Gasteiger partial charge in [-0.25, -0.2) is 0 Å². The molecule has 0 saturated heterocycles. The molecular weight excluding hydrogens is 246 g/mol. The average Bonchev–Trinajstić information content (AvgIpc) is 2.88. The highest BCUT2D eigenvalue weighted by Gasteiger charge is 2.20. The van der Waals surface area contributed by atoms with Gasteiger partial charge in [0.15, 0.2) is 0 Å². The topological polar surface area (TPSA) is 50.9 Å². The first-order valence-electron chi connectivity index (χ1n) is 5.01. The maximum Gasteiger partial charge on any atom is 0.133 e. The van der Waals surface area contributed by atoms with Crippen LogP contribution in [-0.2, 0) is 6.54 Å². The molecule has 0 aliphatic rings. The molecule has 2 aromatic heterocycles. The lowest BCUT2D eigenvalue weighted by Crippen LogP contribution is -2.09. The molecule has 0 aliphatic carbocycles. The van der Waals surface area contributed by atoms with Gasteiger partial charge in [0, 0.05) is 12.7 Å². The molecule has 0 amide bonds. The maximum absolute atomic E-state index is 10.2. The highest BCUT2D eigenvalue weighted by molar-refractivity contribution is 7.09. The Morgan fingerprint density at radius 3 is 3.00 bits per heavy atom. The van der Waals surface area contributed by atoms with Crippen molar-refractivity contribution < 1.29 is 5.11 Å². The molecule has 16 heavy (non-hydrogen) atoms. The van der Waals surface area contributed by atoms with Crippen molar-refractivity contribution in [3.05, 3.63) is 33.5 Å². The fourth-order valence-electron chi connectivity index (χ4n) is 1.53. The molecule has 2 rings (SSSR count). The lowest BCUT2D eigenvalue weighted by molar-refractivity contribution is 0.211. The Bertz CT molecular complexity index is 455. The van der Waals surface area contributed by atoms with Gasteiger partial charge in [0.05, 0.1) is 27.3 Å². The molecule has 6 heteroatoms. The van der Waals surface area contributed by atoms with Crippen LogP contribution in [-0.4, -0.2) is 19.9 Å². The summed E-state index contributed by atoms with van der Waals surface area (Å²) in [5.41, 5.74) is 2.33. The van der Waals surface area contributed by atoms with Gasteiger partial charge in [-0.15, -0.1) is 11.3 Å². The van der Waals surface area contributed by atoms with Crippen LogP contribution in [0, 0.1) is 0 Å². The van der Waals surface area contributed by atoms with Crippen molar-refractivity contribution in [3.8, 4) is 0 Å². The summed E-state index contributed by atoms with van der Waals surface area (Å²) in [4.78, 5) is 4.72. The zero-order valence-electron chi connectivity index (χ0n) is 8.80. The van der Waals surface area contributed by atoms with E-state index in [-0.39, 0.29) is 0 Å². The summed E-state index contributed by atoms with van der Waals surface area (Å²) in [6.45, 7) is 2.80. The van der Waals surface area contributed by atoms with Gasteiger partial charge in [0.2, 0.25) is 0 Å². The molecule has 1 unspecified atom stereocenters. The van der Waals surface area contributed by atoms with Crippen molar-refractivity contribution in [2.24, 2.45) is 0 Å². The van der Waals surface area contributed by atoms with Gasteiger partial charge >= 0.3 is 0 Å². The van der Waals surface area contributed by atoms with Gasteiger partial charge in [0.1, 0.15) is 6.10 Å². The smallest absolute Gasteiger partial charge is 0.133 e. The van der Waals surface area contributed by atoms with Gasteiger partial charge in [-0.1, -0.05) is 18.5 Å². The Balaban J connectivity index is 2.35. The van der Waals surface area contributed by atoms with Crippen LogP contribution in [0.3, 0.4) is 0 Å². The SMILES string of the molecule is CCCn1ncc(Cl)c1C(O)c1cncs1. The van der Waals surface area contributed by atoms with Gasteiger partial charge in [-0.3, -0.25) is 9.67 Å². The monoisotopic (exact) mass is 257 g/mol. The Hall–Kier alpha value is -0.910. The van der Waals surface area contributed by atoms with Crippen LogP contribution < -0.4 is 0 Å². The summed E-state index contributed by atoms with van der Waals surface area (Å²) < 4.78 is 1.74. The van der Waals surface area contributed by atoms with Crippen LogP contribution in [0.1, 0.15) is 30.0 Å². The Kier molecular flexibility index (Phi) is 3.58. The van der Waals surface area contributed by atoms with E-state index >= 15 is 0 Å². The second-order valence-corrected chi connectivity index (χ2v) is 4.73. The fraction of sp³-hybridized carbons (Fsp3) is 0.400. The van der Waals surface area contributed by atoms with Crippen molar-refractivity contribution in [1.82, 2.24) is 14.8 Å². The van der Waals surface area contributed by atoms with Gasteiger partial charge in [0.25, 0.3) is 0 Å². The number of aliphatic hydroxyl groups is 1. The molecule has 0 fully saturated rings. The van der Waals surface area contributed by atoms with Crippen LogP contribution in [0.4, 0.5) is 0 Å². The van der Waals surface area contributed by atoms with Gasteiger partial charge in [-0.2, -0.15) is 5.10 Å². The zero-order valence-corrected chi connectivity index (χ0v) is 10.4. The van der Waals surface area contributed by atoms with E-state index in [4.69, 9.17) is 11.6 Å². The lowest BCUT2D eigenvalue weighted by atomic mass is 10.2. The van der Waals surface area contributed by atoms with E-state index in [1.807, 2.05) is 0 Å². The molecular formula is C10H12ClN3OS. The van der Waals surface area contributed by atoms with Crippen molar-refractivity contribution in [2.45, 2.75) is 26.0 Å². The van der Waals surface area contributed by atoms with E-state index in [9.17, 15) is 5.11 Å². The first-order chi connectivity index (χ1) is 7.74. The molecule has 2 heterocycles. The summed E-state index contributed by atoms with van der Waals surface area (Å²) in [7, 11) is 0. The van der Waals surface area contributed by atoms with E-state index in [1.165, 1.54) is 11.3 Å². The van der Waals surface area contributed by atoms with Crippen LogP contribution in [0.2, 0.25) is 5.02 Å². The highest BCUT2D eigenvalue weighted by atomic mass is 35.5. The Morgan fingerprint density at radius 1 is 1.56 bits per heavy atom. The van der Waals surface area contributed by atoms with Crippen molar-refractivity contribution >= 4 is 22.9 Å². The summed E-state index contributed by atoms with van der Waals surface area (Å²) in [5, 5.41) is 14.8. The first kappa shape index (κ1) is 11.6. The third-order valence-corrected chi connectivity index (χ3v) is 3.37. The van der Waals surface area contributed by atoms with Crippen molar-refractivity contribution in [1.29, 1.82) is 0 Å². The van der Waals surface area contributed by atoms with E-state index in [1.54, 1.807) is 22.6 Å². The number of nitrogens with zero attached hydrogens (tertiary/aromatic N) is 3. The quantitative estimate of drug-likeness (QED) is 0.916. The molecule has 1 atom stereocenters. The summed E-state index contributed by atoms with van der Waals surface area (Å²) in [5.74, 6) is 0. The number of thiazole rings is 1. The number of aromatic nitrogens is 3. The number of aryl methyl sites for hydroxylation is 1. The first-order valence-corrected chi connectivity index (χ1v) is 6.27. The Morgan fingerprint density at radius 2 is 2.38 bits per heavy atom. The van der Waals surface area contributed by atoms with Crippen molar-refractivity contribution in [3.63, 3.8) is 0 Å². The highest BCUT2D eigenvalue weighted by Crippen LogP contribution is 2.29. The van der Waals surface area contributed by atoms with Crippen molar-refractivity contribution in [2.75, 3.05) is 0 Å². The molecule has 1 N–H and O–H groups in total. The van der Waals surface area contributed by atoms with E-state index in [0.29, 0.717) is 10.7 Å². The van der Waals surface area contributed by atoms with Crippen LogP contribution in [0.5, 0.6) is 0 Å². The zero-order chi connectivity index (χ0) is 11.5. The fourth-order valence-corrected chi connectivity index (χ4v) is 2.38. The Labute approximate surface area is 103 Å². The third-order valence-electron chi connectivity index (χ3n) is 2.25. The van der Waals surface area contributed by atoms with Gasteiger partial charge in [-0.05, 0) is 6.42 Å². The predicted octanol–water partition coefficient (Wildman–Crippen LogP) is 2.48. The minimum absolute atomic E-state index is 0.495. The molecule has 0 bridgehead atoms. The second-order valence-electron chi connectivity index (χ2n) is 3.41. The maximum atomic E-state index is 10.2. The molecule has 0 aliphatic heterocycles. The summed E-state index contributed by atoms with van der Waals surface area (Å²) >= 11 is 7.44. The van der Waals surface area contributed by atoms with E-state index in [2.05, 4.69) is 17.0 Å². The predicted molar refractivity (Wildman–Crippen MR) is 63.7 cm³/mol.